The predicted molar refractivity (Wildman–Crippen MR) is 93.4 cm³/mol. The molecule has 1 saturated heterocycles. The lowest BCUT2D eigenvalue weighted by Crippen LogP contribution is -2.35. The highest BCUT2D eigenvalue weighted by molar-refractivity contribution is 5.18. The van der Waals surface area contributed by atoms with Crippen molar-refractivity contribution in [1.82, 2.24) is 20.0 Å². The Balaban J connectivity index is 1.22. The molecule has 1 aliphatic carbocycles. The molecular weight excluding hydrogens is 316 g/mol. The number of hydrogen-bond acceptors (Lipinski definition) is 6. The van der Waals surface area contributed by atoms with Crippen LogP contribution in [0.3, 0.4) is 0 Å². The van der Waals surface area contributed by atoms with Crippen LogP contribution in [-0.4, -0.2) is 39.7 Å². The molecule has 0 N–H and O–H groups in total. The van der Waals surface area contributed by atoms with Crippen LogP contribution in [0.1, 0.15) is 55.2 Å². The van der Waals surface area contributed by atoms with Crippen molar-refractivity contribution in [1.29, 1.82) is 0 Å². The molecule has 2 aromatic heterocycles. The maximum absolute atomic E-state index is 5.96. The van der Waals surface area contributed by atoms with Crippen molar-refractivity contribution >= 4 is 0 Å². The normalized spacial score (nSPS) is 19.7. The van der Waals surface area contributed by atoms with Gasteiger partial charge in [0.1, 0.15) is 6.33 Å². The van der Waals surface area contributed by atoms with E-state index in [1.54, 1.807) is 6.33 Å². The van der Waals surface area contributed by atoms with Crippen LogP contribution in [-0.2, 0) is 6.54 Å². The minimum atomic E-state index is 0.592. The van der Waals surface area contributed by atoms with E-state index in [4.69, 9.17) is 9.26 Å². The zero-order chi connectivity index (χ0) is 17.1. The molecule has 0 radical (unpaired) electrons. The largest absolute Gasteiger partial charge is 0.477 e. The molecule has 4 rings (SSSR count). The fourth-order valence-electron chi connectivity index (χ4n) is 3.59. The van der Waals surface area contributed by atoms with E-state index >= 15 is 0 Å². The molecule has 0 spiro atoms. The molecule has 134 valence electrons. The topological polar surface area (TPSA) is 64.3 Å². The first kappa shape index (κ1) is 16.5. The smallest absolute Gasteiger partial charge is 0.216 e. The molecule has 1 saturated carbocycles. The number of piperidine rings is 1. The Labute approximate surface area is 148 Å². The Morgan fingerprint density at radius 3 is 2.68 bits per heavy atom. The molecule has 2 fully saturated rings. The maximum Gasteiger partial charge on any atom is 0.216 e. The first-order valence-corrected chi connectivity index (χ1v) is 9.35. The molecule has 3 heterocycles. The standard InChI is InChI=1S/C19H26N4O2/c1-14-9-17(25-22-14)11-23-7-5-15(6-8-23)12-24-19-10-18(20-13-21-19)16-3-2-4-16/h9-10,13,15-16H,2-8,11-12H2,1H3. The number of aromatic nitrogens is 3. The third-order valence-corrected chi connectivity index (χ3v) is 5.42. The van der Waals surface area contributed by atoms with Gasteiger partial charge in [-0.05, 0) is 51.6 Å². The monoisotopic (exact) mass is 342 g/mol. The minimum absolute atomic E-state index is 0.592. The first-order valence-electron chi connectivity index (χ1n) is 9.35. The lowest BCUT2D eigenvalue weighted by Gasteiger charge is -2.31. The summed E-state index contributed by atoms with van der Waals surface area (Å²) in [5.41, 5.74) is 2.10. The van der Waals surface area contributed by atoms with Crippen molar-refractivity contribution in [3.63, 3.8) is 0 Å². The summed E-state index contributed by atoms with van der Waals surface area (Å²) in [5, 5.41) is 3.96. The minimum Gasteiger partial charge on any atom is -0.477 e. The summed E-state index contributed by atoms with van der Waals surface area (Å²) in [5.74, 6) is 2.90. The molecule has 0 bridgehead atoms. The third kappa shape index (κ3) is 4.18. The van der Waals surface area contributed by atoms with Crippen molar-refractivity contribution < 1.29 is 9.26 Å². The van der Waals surface area contributed by atoms with Crippen LogP contribution in [0.2, 0.25) is 0 Å². The van der Waals surface area contributed by atoms with Crippen LogP contribution in [0.5, 0.6) is 5.88 Å². The average molecular weight is 342 g/mol. The molecule has 0 unspecified atom stereocenters. The lowest BCUT2D eigenvalue weighted by molar-refractivity contribution is 0.126. The van der Waals surface area contributed by atoms with Gasteiger partial charge in [-0.25, -0.2) is 9.97 Å². The SMILES string of the molecule is Cc1cc(CN2CCC(COc3cc(C4CCC4)ncn3)CC2)on1. The Kier molecular flexibility index (Phi) is 4.97. The zero-order valence-electron chi connectivity index (χ0n) is 14.9. The maximum atomic E-state index is 5.96. The van der Waals surface area contributed by atoms with Gasteiger partial charge in [0.15, 0.2) is 5.76 Å². The van der Waals surface area contributed by atoms with E-state index in [0.717, 1.165) is 62.1 Å². The molecule has 2 aliphatic rings. The molecule has 1 aliphatic heterocycles. The van der Waals surface area contributed by atoms with Gasteiger partial charge in [-0.1, -0.05) is 11.6 Å². The first-order chi connectivity index (χ1) is 12.3. The molecule has 6 heteroatoms. The van der Waals surface area contributed by atoms with Gasteiger partial charge in [0, 0.05) is 18.1 Å². The van der Waals surface area contributed by atoms with E-state index in [2.05, 4.69) is 20.0 Å². The molecule has 6 nitrogen and oxygen atoms in total. The third-order valence-electron chi connectivity index (χ3n) is 5.42. The van der Waals surface area contributed by atoms with Crippen molar-refractivity contribution in [2.45, 2.75) is 51.5 Å². The summed E-state index contributed by atoms with van der Waals surface area (Å²) in [6.45, 7) is 5.71. The summed E-state index contributed by atoms with van der Waals surface area (Å²) in [7, 11) is 0. The van der Waals surface area contributed by atoms with Gasteiger partial charge in [-0.3, -0.25) is 4.90 Å². The van der Waals surface area contributed by atoms with E-state index in [9.17, 15) is 0 Å². The van der Waals surface area contributed by atoms with Gasteiger partial charge < -0.3 is 9.26 Å². The Morgan fingerprint density at radius 2 is 2.00 bits per heavy atom. The molecule has 0 aromatic carbocycles. The number of rotatable bonds is 6. The number of ether oxygens (including phenoxy) is 1. The lowest BCUT2D eigenvalue weighted by atomic mass is 9.83. The van der Waals surface area contributed by atoms with Crippen molar-refractivity contribution in [2.24, 2.45) is 5.92 Å². The number of likely N-dealkylation sites (tertiary alicyclic amines) is 1. The highest BCUT2D eigenvalue weighted by atomic mass is 16.5. The summed E-state index contributed by atoms with van der Waals surface area (Å²) >= 11 is 0. The quantitative estimate of drug-likeness (QED) is 0.802. The van der Waals surface area contributed by atoms with Crippen molar-refractivity contribution in [3.8, 4) is 5.88 Å². The second-order valence-electron chi connectivity index (χ2n) is 7.37. The van der Waals surface area contributed by atoms with E-state index < -0.39 is 0 Å². The Hall–Kier alpha value is -1.95. The van der Waals surface area contributed by atoms with Gasteiger partial charge >= 0.3 is 0 Å². The summed E-state index contributed by atoms with van der Waals surface area (Å²) in [6.07, 6.45) is 7.75. The van der Waals surface area contributed by atoms with Gasteiger partial charge in [-0.15, -0.1) is 0 Å². The number of nitrogens with zero attached hydrogens (tertiary/aromatic N) is 4. The van der Waals surface area contributed by atoms with Crippen LogP contribution in [0.4, 0.5) is 0 Å². The molecule has 25 heavy (non-hydrogen) atoms. The van der Waals surface area contributed by atoms with E-state index in [0.29, 0.717) is 11.8 Å². The van der Waals surface area contributed by atoms with Gasteiger partial charge in [-0.2, -0.15) is 0 Å². The van der Waals surface area contributed by atoms with Crippen molar-refractivity contribution in [2.75, 3.05) is 19.7 Å². The summed E-state index contributed by atoms with van der Waals surface area (Å²) in [4.78, 5) is 11.1. The van der Waals surface area contributed by atoms with Crippen LogP contribution < -0.4 is 4.74 Å². The zero-order valence-corrected chi connectivity index (χ0v) is 14.9. The van der Waals surface area contributed by atoms with E-state index in [1.165, 1.54) is 19.3 Å². The van der Waals surface area contributed by atoms with Crippen LogP contribution >= 0.6 is 0 Å². The second-order valence-corrected chi connectivity index (χ2v) is 7.37. The average Bonchev–Trinajstić information content (AvgIpc) is 2.98. The Bertz CT molecular complexity index is 690. The fraction of sp³-hybridized carbons (Fsp3) is 0.632. The van der Waals surface area contributed by atoms with Crippen LogP contribution in [0.15, 0.2) is 23.0 Å². The Morgan fingerprint density at radius 1 is 1.16 bits per heavy atom. The van der Waals surface area contributed by atoms with Crippen molar-refractivity contribution in [3.05, 3.63) is 35.6 Å². The second kappa shape index (κ2) is 7.52. The molecular formula is C19H26N4O2. The van der Waals surface area contributed by atoms with Gasteiger partial charge in [0.2, 0.25) is 5.88 Å². The van der Waals surface area contributed by atoms with Crippen LogP contribution in [0, 0.1) is 12.8 Å². The highest BCUT2D eigenvalue weighted by Gasteiger charge is 2.23. The fourth-order valence-corrected chi connectivity index (χ4v) is 3.59. The summed E-state index contributed by atoms with van der Waals surface area (Å²) in [6, 6.07) is 4.05. The summed E-state index contributed by atoms with van der Waals surface area (Å²) < 4.78 is 11.3. The molecule has 2 aromatic rings. The predicted octanol–water partition coefficient (Wildman–Crippen LogP) is 3.33. The van der Waals surface area contributed by atoms with Gasteiger partial charge in [0.05, 0.1) is 24.5 Å². The van der Waals surface area contributed by atoms with E-state index in [1.807, 2.05) is 19.1 Å². The number of hydrogen-bond donors (Lipinski definition) is 0. The molecule has 0 amide bonds. The highest BCUT2D eigenvalue weighted by Crippen LogP contribution is 2.35. The number of aryl methyl sites for hydroxylation is 1. The van der Waals surface area contributed by atoms with Crippen LogP contribution in [0.25, 0.3) is 0 Å². The van der Waals surface area contributed by atoms with E-state index in [-0.39, 0.29) is 0 Å². The molecule has 0 atom stereocenters. The van der Waals surface area contributed by atoms with Gasteiger partial charge in [0.25, 0.3) is 0 Å².